The zero-order valence-corrected chi connectivity index (χ0v) is 9.85. The van der Waals surface area contributed by atoms with E-state index in [1.807, 2.05) is 0 Å². The smallest absolute Gasteiger partial charge is 0.315 e. The SMILES string of the molecule is CC1CC(NC(=O)NC2C=CC(C(=O)O)C2)C1. The summed E-state index contributed by atoms with van der Waals surface area (Å²) in [7, 11) is 0. The molecule has 0 spiro atoms. The van der Waals surface area contributed by atoms with Crippen molar-refractivity contribution in [3.8, 4) is 0 Å². The lowest BCUT2D eigenvalue weighted by atomic mass is 9.82. The van der Waals surface area contributed by atoms with Gasteiger partial charge < -0.3 is 15.7 Å². The quantitative estimate of drug-likeness (QED) is 0.644. The summed E-state index contributed by atoms with van der Waals surface area (Å²) in [6.07, 6.45) is 5.90. The van der Waals surface area contributed by atoms with Gasteiger partial charge in [0, 0.05) is 6.04 Å². The van der Waals surface area contributed by atoms with Gasteiger partial charge in [-0.3, -0.25) is 4.79 Å². The lowest BCUT2D eigenvalue weighted by Gasteiger charge is -2.33. The van der Waals surface area contributed by atoms with Crippen molar-refractivity contribution in [2.45, 2.75) is 38.3 Å². The first-order chi connectivity index (χ1) is 8.04. The summed E-state index contributed by atoms with van der Waals surface area (Å²) in [6.45, 7) is 2.16. The van der Waals surface area contributed by atoms with Crippen LogP contribution in [0, 0.1) is 11.8 Å². The monoisotopic (exact) mass is 238 g/mol. The van der Waals surface area contributed by atoms with Crippen LogP contribution in [0.5, 0.6) is 0 Å². The normalized spacial score (nSPS) is 35.1. The summed E-state index contributed by atoms with van der Waals surface area (Å²) in [5, 5.41) is 14.5. The zero-order chi connectivity index (χ0) is 12.4. The predicted molar refractivity (Wildman–Crippen MR) is 62.5 cm³/mol. The Kier molecular flexibility index (Phi) is 3.36. The average molecular weight is 238 g/mol. The van der Waals surface area contributed by atoms with Crippen molar-refractivity contribution in [2.24, 2.45) is 11.8 Å². The van der Waals surface area contributed by atoms with Gasteiger partial charge in [0.1, 0.15) is 0 Å². The Morgan fingerprint density at radius 2 is 1.88 bits per heavy atom. The number of hydrogen-bond donors (Lipinski definition) is 3. The molecule has 2 unspecified atom stereocenters. The molecule has 2 amide bonds. The molecule has 17 heavy (non-hydrogen) atoms. The molecule has 2 rings (SSSR count). The van der Waals surface area contributed by atoms with Crippen LogP contribution in [0.15, 0.2) is 12.2 Å². The van der Waals surface area contributed by atoms with Gasteiger partial charge in [-0.1, -0.05) is 19.1 Å². The highest BCUT2D eigenvalue weighted by Gasteiger charge is 2.29. The Balaban J connectivity index is 1.70. The van der Waals surface area contributed by atoms with Crippen LogP contribution in [-0.2, 0) is 4.79 Å². The van der Waals surface area contributed by atoms with E-state index in [1.54, 1.807) is 12.2 Å². The summed E-state index contributed by atoms with van der Waals surface area (Å²) < 4.78 is 0. The van der Waals surface area contributed by atoms with Gasteiger partial charge in [-0.05, 0) is 25.2 Å². The molecular weight excluding hydrogens is 220 g/mol. The predicted octanol–water partition coefficient (Wildman–Crippen LogP) is 1.11. The van der Waals surface area contributed by atoms with Gasteiger partial charge in [0.15, 0.2) is 0 Å². The lowest BCUT2D eigenvalue weighted by molar-refractivity contribution is -0.140. The first-order valence-corrected chi connectivity index (χ1v) is 6.02. The number of hydrogen-bond acceptors (Lipinski definition) is 2. The highest BCUT2D eigenvalue weighted by atomic mass is 16.4. The Morgan fingerprint density at radius 3 is 2.41 bits per heavy atom. The molecule has 94 valence electrons. The van der Waals surface area contributed by atoms with Crippen LogP contribution in [0.2, 0.25) is 0 Å². The molecule has 1 fully saturated rings. The van der Waals surface area contributed by atoms with Gasteiger partial charge in [0.2, 0.25) is 0 Å². The van der Waals surface area contributed by atoms with Crippen molar-refractivity contribution < 1.29 is 14.7 Å². The molecule has 2 aliphatic carbocycles. The van der Waals surface area contributed by atoms with Gasteiger partial charge in [0.05, 0.1) is 12.0 Å². The second-order valence-electron chi connectivity index (χ2n) is 5.06. The van der Waals surface area contributed by atoms with Crippen molar-refractivity contribution in [3.63, 3.8) is 0 Å². The molecule has 0 bridgehead atoms. The number of rotatable bonds is 3. The molecule has 0 aromatic rings. The molecular formula is C12H18N2O3. The summed E-state index contributed by atoms with van der Waals surface area (Å²) in [6, 6.07) is -0.0677. The van der Waals surface area contributed by atoms with Crippen LogP contribution in [0.25, 0.3) is 0 Å². The minimum atomic E-state index is -0.834. The molecule has 5 heteroatoms. The minimum Gasteiger partial charge on any atom is -0.481 e. The summed E-state index contributed by atoms with van der Waals surface area (Å²) in [5.74, 6) is -0.606. The van der Waals surface area contributed by atoms with E-state index in [-0.39, 0.29) is 18.1 Å². The number of urea groups is 1. The Bertz CT molecular complexity index is 348. The van der Waals surface area contributed by atoms with Crippen LogP contribution in [-0.4, -0.2) is 29.2 Å². The minimum absolute atomic E-state index is 0.159. The molecule has 2 aliphatic rings. The Morgan fingerprint density at radius 1 is 1.18 bits per heavy atom. The maximum absolute atomic E-state index is 11.6. The highest BCUT2D eigenvalue weighted by Crippen LogP contribution is 2.26. The number of carbonyl (C=O) groups is 2. The number of carboxylic acids is 1. The largest absolute Gasteiger partial charge is 0.481 e. The van der Waals surface area contributed by atoms with Crippen molar-refractivity contribution in [2.75, 3.05) is 0 Å². The third-order valence-corrected chi connectivity index (χ3v) is 3.43. The van der Waals surface area contributed by atoms with Crippen LogP contribution in [0.4, 0.5) is 4.79 Å². The number of amides is 2. The standard InChI is InChI=1S/C12H18N2O3/c1-7-4-10(5-7)14-12(17)13-9-3-2-8(6-9)11(15)16/h2-3,7-10H,4-6H2,1H3,(H,15,16)(H2,13,14,17). The van der Waals surface area contributed by atoms with Gasteiger partial charge in [-0.25, -0.2) is 4.79 Å². The van der Waals surface area contributed by atoms with Crippen molar-refractivity contribution in [1.29, 1.82) is 0 Å². The van der Waals surface area contributed by atoms with Gasteiger partial charge in [-0.15, -0.1) is 0 Å². The van der Waals surface area contributed by atoms with Crippen molar-refractivity contribution in [1.82, 2.24) is 10.6 Å². The molecule has 0 aromatic carbocycles. The molecule has 0 heterocycles. The number of carbonyl (C=O) groups excluding carboxylic acids is 1. The molecule has 0 radical (unpaired) electrons. The van der Waals surface area contributed by atoms with E-state index in [0.29, 0.717) is 12.3 Å². The second kappa shape index (κ2) is 4.77. The second-order valence-corrected chi connectivity index (χ2v) is 5.06. The van der Waals surface area contributed by atoms with Crippen molar-refractivity contribution in [3.05, 3.63) is 12.2 Å². The number of aliphatic carboxylic acids is 1. The van der Waals surface area contributed by atoms with E-state index in [2.05, 4.69) is 17.6 Å². The average Bonchev–Trinajstić information content (AvgIpc) is 2.63. The summed E-state index contributed by atoms with van der Waals surface area (Å²) in [4.78, 5) is 22.3. The fourth-order valence-electron chi connectivity index (χ4n) is 2.40. The van der Waals surface area contributed by atoms with E-state index in [0.717, 1.165) is 12.8 Å². The third kappa shape index (κ3) is 2.99. The Hall–Kier alpha value is -1.52. The first-order valence-electron chi connectivity index (χ1n) is 6.02. The van der Waals surface area contributed by atoms with Crippen LogP contribution < -0.4 is 10.6 Å². The number of carboxylic acid groups (broad SMARTS) is 1. The maximum atomic E-state index is 11.6. The van der Waals surface area contributed by atoms with E-state index in [9.17, 15) is 9.59 Å². The van der Waals surface area contributed by atoms with Crippen LogP contribution in [0.1, 0.15) is 26.2 Å². The van der Waals surface area contributed by atoms with Crippen LogP contribution in [0.3, 0.4) is 0 Å². The van der Waals surface area contributed by atoms with Crippen molar-refractivity contribution >= 4 is 12.0 Å². The van der Waals surface area contributed by atoms with Gasteiger partial charge >= 0.3 is 12.0 Å². The van der Waals surface area contributed by atoms with Crippen LogP contribution >= 0.6 is 0 Å². The molecule has 5 nitrogen and oxygen atoms in total. The topological polar surface area (TPSA) is 78.4 Å². The first kappa shape index (κ1) is 12.0. The van der Waals surface area contributed by atoms with E-state index in [1.165, 1.54) is 0 Å². The van der Waals surface area contributed by atoms with E-state index in [4.69, 9.17) is 5.11 Å². The fourth-order valence-corrected chi connectivity index (χ4v) is 2.40. The zero-order valence-electron chi connectivity index (χ0n) is 9.85. The molecule has 1 saturated carbocycles. The van der Waals surface area contributed by atoms with E-state index >= 15 is 0 Å². The third-order valence-electron chi connectivity index (χ3n) is 3.43. The summed E-state index contributed by atoms with van der Waals surface area (Å²) >= 11 is 0. The van der Waals surface area contributed by atoms with Gasteiger partial charge in [-0.2, -0.15) is 0 Å². The molecule has 0 aliphatic heterocycles. The molecule has 2 atom stereocenters. The molecule has 3 N–H and O–H groups in total. The number of nitrogens with one attached hydrogen (secondary N) is 2. The molecule has 0 aromatic heterocycles. The highest BCUT2D eigenvalue weighted by molar-refractivity contribution is 5.76. The van der Waals surface area contributed by atoms with Gasteiger partial charge in [0.25, 0.3) is 0 Å². The summed E-state index contributed by atoms with van der Waals surface area (Å²) in [5.41, 5.74) is 0. The fraction of sp³-hybridized carbons (Fsp3) is 0.667. The molecule has 0 saturated heterocycles. The van der Waals surface area contributed by atoms with E-state index < -0.39 is 11.9 Å². The maximum Gasteiger partial charge on any atom is 0.315 e. The lowest BCUT2D eigenvalue weighted by Crippen LogP contribution is -2.49. The Labute approximate surface area is 100 Å².